The summed E-state index contributed by atoms with van der Waals surface area (Å²) in [5.41, 5.74) is 1.52. The molecule has 0 atom stereocenters. The van der Waals surface area contributed by atoms with Gasteiger partial charge in [-0.25, -0.2) is 0 Å². The number of hydrogen-bond acceptors (Lipinski definition) is 2. The van der Waals surface area contributed by atoms with E-state index in [1.165, 1.54) is 0 Å². The third kappa shape index (κ3) is 3.98. The number of halogens is 3. The Balaban J connectivity index is 1.70. The quantitative estimate of drug-likeness (QED) is 0.621. The molecular weight excluding hydrogens is 413 g/mol. The number of carbonyl (C=O) groups is 1. The SMILES string of the molecule is O=C(Nc1ccn(Cc2ccc(Cl)c(Cl)c2)n1)c1ccccc1Br. The first kappa shape index (κ1) is 17.0. The van der Waals surface area contributed by atoms with E-state index in [4.69, 9.17) is 23.2 Å². The van der Waals surface area contributed by atoms with Crippen molar-refractivity contribution in [1.82, 2.24) is 9.78 Å². The summed E-state index contributed by atoms with van der Waals surface area (Å²) in [4.78, 5) is 12.3. The molecule has 0 unspecified atom stereocenters. The Morgan fingerprint density at radius 2 is 1.92 bits per heavy atom. The fourth-order valence-electron chi connectivity index (χ4n) is 2.17. The summed E-state index contributed by atoms with van der Waals surface area (Å²) in [6.45, 7) is 0.530. The molecule has 0 aliphatic carbocycles. The van der Waals surface area contributed by atoms with Gasteiger partial charge in [0.25, 0.3) is 5.91 Å². The van der Waals surface area contributed by atoms with Crippen molar-refractivity contribution >= 4 is 50.9 Å². The number of aromatic nitrogens is 2. The van der Waals surface area contributed by atoms with Crippen LogP contribution in [0, 0.1) is 0 Å². The molecule has 1 amide bonds. The van der Waals surface area contributed by atoms with Gasteiger partial charge in [-0.2, -0.15) is 5.10 Å². The van der Waals surface area contributed by atoms with Crippen LogP contribution >= 0.6 is 39.1 Å². The maximum Gasteiger partial charge on any atom is 0.258 e. The predicted molar refractivity (Wildman–Crippen MR) is 99.9 cm³/mol. The molecule has 3 rings (SSSR count). The predicted octanol–water partition coefficient (Wildman–Crippen LogP) is 5.25. The highest BCUT2D eigenvalue weighted by atomic mass is 79.9. The van der Waals surface area contributed by atoms with E-state index in [2.05, 4.69) is 26.3 Å². The molecule has 0 aliphatic heterocycles. The van der Waals surface area contributed by atoms with Gasteiger partial charge in [0.15, 0.2) is 5.82 Å². The summed E-state index contributed by atoms with van der Waals surface area (Å²) < 4.78 is 2.45. The fraction of sp³-hybridized carbons (Fsp3) is 0.0588. The van der Waals surface area contributed by atoms with Gasteiger partial charge in [0.05, 0.1) is 22.2 Å². The number of nitrogens with one attached hydrogen (secondary N) is 1. The molecule has 0 saturated carbocycles. The normalized spacial score (nSPS) is 10.6. The van der Waals surface area contributed by atoms with E-state index in [9.17, 15) is 4.79 Å². The lowest BCUT2D eigenvalue weighted by Crippen LogP contribution is -2.13. The van der Waals surface area contributed by atoms with Crippen LogP contribution in [0.15, 0.2) is 59.2 Å². The van der Waals surface area contributed by atoms with Crippen molar-refractivity contribution in [2.24, 2.45) is 0 Å². The third-order valence-electron chi connectivity index (χ3n) is 3.33. The van der Waals surface area contributed by atoms with Gasteiger partial charge in [-0.3, -0.25) is 9.48 Å². The first-order chi connectivity index (χ1) is 11.5. The Labute approximate surface area is 157 Å². The van der Waals surface area contributed by atoms with Crippen LogP contribution in [0.1, 0.15) is 15.9 Å². The Kier molecular flexibility index (Phi) is 5.23. The smallest absolute Gasteiger partial charge is 0.258 e. The highest BCUT2D eigenvalue weighted by molar-refractivity contribution is 9.10. The second-order valence-corrected chi connectivity index (χ2v) is 6.75. The molecule has 7 heteroatoms. The van der Waals surface area contributed by atoms with Crippen molar-refractivity contribution < 1.29 is 4.79 Å². The summed E-state index contributed by atoms with van der Waals surface area (Å²) in [5.74, 6) is 0.262. The van der Waals surface area contributed by atoms with Gasteiger partial charge in [0.1, 0.15) is 0 Å². The van der Waals surface area contributed by atoms with Crippen molar-refractivity contribution in [2.75, 3.05) is 5.32 Å². The Morgan fingerprint density at radius 3 is 2.67 bits per heavy atom. The van der Waals surface area contributed by atoms with Gasteiger partial charge in [-0.15, -0.1) is 0 Å². The Hall–Kier alpha value is -1.82. The molecule has 1 N–H and O–H groups in total. The number of carbonyl (C=O) groups excluding carboxylic acids is 1. The summed E-state index contributed by atoms with van der Waals surface area (Å²) in [5, 5.41) is 8.14. The first-order valence-electron chi connectivity index (χ1n) is 7.06. The summed E-state index contributed by atoms with van der Waals surface area (Å²) in [7, 11) is 0. The largest absolute Gasteiger partial charge is 0.305 e. The minimum absolute atomic E-state index is 0.220. The monoisotopic (exact) mass is 423 g/mol. The zero-order valence-electron chi connectivity index (χ0n) is 12.3. The molecule has 24 heavy (non-hydrogen) atoms. The van der Waals surface area contributed by atoms with Crippen LogP contribution in [0.5, 0.6) is 0 Å². The van der Waals surface area contributed by atoms with Gasteiger partial charge in [0, 0.05) is 16.7 Å². The molecule has 2 aromatic carbocycles. The first-order valence-corrected chi connectivity index (χ1v) is 8.61. The van der Waals surface area contributed by atoms with Crippen molar-refractivity contribution in [3.8, 4) is 0 Å². The van der Waals surface area contributed by atoms with Crippen LogP contribution in [0.2, 0.25) is 10.0 Å². The lowest BCUT2D eigenvalue weighted by molar-refractivity contribution is 0.102. The molecular formula is C17H12BrCl2N3O. The van der Waals surface area contributed by atoms with Crippen molar-refractivity contribution in [3.05, 3.63) is 80.4 Å². The van der Waals surface area contributed by atoms with E-state index in [1.54, 1.807) is 35.1 Å². The van der Waals surface area contributed by atoms with Crippen LogP contribution in [0.3, 0.4) is 0 Å². The maximum atomic E-state index is 12.3. The lowest BCUT2D eigenvalue weighted by atomic mass is 10.2. The molecule has 1 aromatic heterocycles. The molecule has 4 nitrogen and oxygen atoms in total. The van der Waals surface area contributed by atoms with E-state index >= 15 is 0 Å². The Bertz CT molecular complexity index is 895. The summed E-state index contributed by atoms with van der Waals surface area (Å²) in [6.07, 6.45) is 1.79. The van der Waals surface area contributed by atoms with Gasteiger partial charge >= 0.3 is 0 Å². The van der Waals surface area contributed by atoms with E-state index < -0.39 is 0 Å². The highest BCUT2D eigenvalue weighted by Gasteiger charge is 2.11. The van der Waals surface area contributed by atoms with Gasteiger partial charge in [-0.1, -0.05) is 41.4 Å². The minimum atomic E-state index is -0.220. The number of anilines is 1. The minimum Gasteiger partial charge on any atom is -0.305 e. The average Bonchev–Trinajstić information content (AvgIpc) is 2.98. The molecule has 0 aliphatic rings. The van der Waals surface area contributed by atoms with Gasteiger partial charge < -0.3 is 5.32 Å². The molecule has 122 valence electrons. The van der Waals surface area contributed by atoms with Gasteiger partial charge in [0.2, 0.25) is 0 Å². The zero-order valence-corrected chi connectivity index (χ0v) is 15.4. The van der Waals surface area contributed by atoms with Crippen LogP contribution in [0.4, 0.5) is 5.82 Å². The molecule has 0 fully saturated rings. The second-order valence-electron chi connectivity index (χ2n) is 5.08. The number of benzene rings is 2. The standard InChI is InChI=1S/C17H12BrCl2N3O/c18-13-4-2-1-3-12(13)17(24)21-16-7-8-23(22-16)10-11-5-6-14(19)15(20)9-11/h1-9H,10H2,(H,21,22,24). The van der Waals surface area contributed by atoms with E-state index in [0.717, 1.165) is 10.0 Å². The third-order valence-corrected chi connectivity index (χ3v) is 4.76. The van der Waals surface area contributed by atoms with Crippen LogP contribution in [-0.2, 0) is 6.54 Å². The van der Waals surface area contributed by atoms with Crippen LogP contribution in [0.25, 0.3) is 0 Å². The molecule has 0 radical (unpaired) electrons. The zero-order chi connectivity index (χ0) is 17.1. The lowest BCUT2D eigenvalue weighted by Gasteiger charge is -2.05. The number of amides is 1. The van der Waals surface area contributed by atoms with Crippen molar-refractivity contribution in [3.63, 3.8) is 0 Å². The van der Waals surface area contributed by atoms with Crippen molar-refractivity contribution in [2.45, 2.75) is 6.54 Å². The van der Waals surface area contributed by atoms with E-state index in [-0.39, 0.29) is 5.91 Å². The molecule has 0 bridgehead atoms. The molecule has 0 saturated heterocycles. The highest BCUT2D eigenvalue weighted by Crippen LogP contribution is 2.23. The molecule has 3 aromatic rings. The van der Waals surface area contributed by atoms with E-state index in [1.807, 2.05) is 24.3 Å². The topological polar surface area (TPSA) is 46.9 Å². The second kappa shape index (κ2) is 7.38. The average molecular weight is 425 g/mol. The van der Waals surface area contributed by atoms with Crippen LogP contribution in [-0.4, -0.2) is 15.7 Å². The summed E-state index contributed by atoms with van der Waals surface area (Å²) >= 11 is 15.3. The number of rotatable bonds is 4. The van der Waals surface area contributed by atoms with Crippen LogP contribution < -0.4 is 5.32 Å². The fourth-order valence-corrected chi connectivity index (χ4v) is 2.96. The van der Waals surface area contributed by atoms with Gasteiger partial charge in [-0.05, 0) is 45.8 Å². The number of nitrogens with zero attached hydrogens (tertiary/aromatic N) is 2. The molecule has 0 spiro atoms. The number of hydrogen-bond donors (Lipinski definition) is 1. The molecule has 1 heterocycles. The van der Waals surface area contributed by atoms with Crippen molar-refractivity contribution in [1.29, 1.82) is 0 Å². The Morgan fingerprint density at radius 1 is 1.12 bits per heavy atom. The summed E-state index contributed by atoms with van der Waals surface area (Å²) in [6, 6.07) is 14.4. The van der Waals surface area contributed by atoms with E-state index in [0.29, 0.717) is 28.0 Å². The maximum absolute atomic E-state index is 12.3.